The lowest BCUT2D eigenvalue weighted by Crippen LogP contribution is -2.08. The van der Waals surface area contributed by atoms with Crippen LogP contribution in [0.5, 0.6) is 0 Å². The van der Waals surface area contributed by atoms with Gasteiger partial charge in [0.25, 0.3) is 0 Å². The Balaban J connectivity index is 3.14. The van der Waals surface area contributed by atoms with E-state index in [2.05, 4.69) is 13.5 Å². The highest BCUT2D eigenvalue weighted by Gasteiger charge is 2.01. The summed E-state index contributed by atoms with van der Waals surface area (Å²) in [5.74, 6) is -0.122. The normalized spacial score (nSPS) is 9.81. The van der Waals surface area contributed by atoms with E-state index >= 15 is 0 Å². The van der Waals surface area contributed by atoms with Crippen molar-refractivity contribution in [1.29, 1.82) is 0 Å². The van der Waals surface area contributed by atoms with E-state index in [1.54, 1.807) is 0 Å². The Morgan fingerprint density at radius 3 is 2.50 bits per heavy atom. The third-order valence-corrected chi connectivity index (χ3v) is 2.32. The third-order valence-electron chi connectivity index (χ3n) is 2.32. The first-order valence-electron chi connectivity index (χ1n) is 6.19. The fraction of sp³-hybridized carbons (Fsp3) is 0.769. The van der Waals surface area contributed by atoms with Crippen LogP contribution in [0.15, 0.2) is 12.8 Å². The summed E-state index contributed by atoms with van der Waals surface area (Å²) >= 11 is 0. The summed E-state index contributed by atoms with van der Waals surface area (Å²) in [7, 11) is 0. The zero-order chi connectivity index (χ0) is 12.1. The highest BCUT2D eigenvalue weighted by atomic mass is 16.6. The van der Waals surface area contributed by atoms with E-state index in [0.717, 1.165) is 12.8 Å². The van der Waals surface area contributed by atoms with Gasteiger partial charge >= 0.3 is 5.97 Å². The van der Waals surface area contributed by atoms with Gasteiger partial charge in [0.2, 0.25) is 0 Å². The van der Waals surface area contributed by atoms with E-state index in [1.165, 1.54) is 31.9 Å². The van der Waals surface area contributed by atoms with Gasteiger partial charge in [0.15, 0.2) is 0 Å². The van der Waals surface area contributed by atoms with Gasteiger partial charge in [0.1, 0.15) is 13.2 Å². The standard InChI is InChI=1S/C13H24O3/c1-3-5-6-7-8-9-10-13(14)16-12-11-15-4-2/h4H,2-3,5-12H2,1H3. The molecule has 0 fully saturated rings. The lowest BCUT2D eigenvalue weighted by Gasteiger charge is -2.04. The minimum atomic E-state index is -0.122. The van der Waals surface area contributed by atoms with Crippen molar-refractivity contribution in [3.05, 3.63) is 12.8 Å². The van der Waals surface area contributed by atoms with E-state index in [0.29, 0.717) is 19.6 Å². The fourth-order valence-corrected chi connectivity index (χ4v) is 1.41. The van der Waals surface area contributed by atoms with Crippen LogP contribution in [-0.2, 0) is 14.3 Å². The number of hydrogen-bond donors (Lipinski definition) is 0. The van der Waals surface area contributed by atoms with E-state index in [1.807, 2.05) is 0 Å². The smallest absolute Gasteiger partial charge is 0.305 e. The van der Waals surface area contributed by atoms with Crippen molar-refractivity contribution in [2.45, 2.75) is 51.9 Å². The summed E-state index contributed by atoms with van der Waals surface area (Å²) in [4.78, 5) is 11.2. The van der Waals surface area contributed by atoms with Gasteiger partial charge in [0.05, 0.1) is 6.26 Å². The van der Waals surface area contributed by atoms with Crippen molar-refractivity contribution >= 4 is 5.97 Å². The van der Waals surface area contributed by atoms with Crippen LogP contribution in [0.1, 0.15) is 51.9 Å². The van der Waals surface area contributed by atoms with Gasteiger partial charge in [-0.3, -0.25) is 4.79 Å². The minimum absolute atomic E-state index is 0.122. The molecule has 0 aromatic rings. The van der Waals surface area contributed by atoms with Crippen LogP contribution in [0.3, 0.4) is 0 Å². The lowest BCUT2D eigenvalue weighted by atomic mass is 10.1. The van der Waals surface area contributed by atoms with Crippen molar-refractivity contribution < 1.29 is 14.3 Å². The Labute approximate surface area is 98.8 Å². The Morgan fingerprint density at radius 1 is 1.12 bits per heavy atom. The maximum atomic E-state index is 11.2. The van der Waals surface area contributed by atoms with Gasteiger partial charge in [-0.05, 0) is 6.42 Å². The van der Waals surface area contributed by atoms with Crippen molar-refractivity contribution in [2.75, 3.05) is 13.2 Å². The van der Waals surface area contributed by atoms with Gasteiger partial charge < -0.3 is 9.47 Å². The van der Waals surface area contributed by atoms with E-state index in [9.17, 15) is 4.79 Å². The van der Waals surface area contributed by atoms with Crippen LogP contribution in [0.2, 0.25) is 0 Å². The molecule has 0 N–H and O–H groups in total. The molecule has 16 heavy (non-hydrogen) atoms. The molecule has 0 saturated heterocycles. The van der Waals surface area contributed by atoms with Crippen molar-refractivity contribution in [1.82, 2.24) is 0 Å². The summed E-state index contributed by atoms with van der Waals surface area (Å²) < 4.78 is 9.80. The average molecular weight is 228 g/mol. The molecule has 0 unspecified atom stereocenters. The van der Waals surface area contributed by atoms with Gasteiger partial charge in [-0.15, -0.1) is 0 Å². The molecule has 0 amide bonds. The molecule has 0 atom stereocenters. The van der Waals surface area contributed by atoms with Crippen LogP contribution < -0.4 is 0 Å². The highest BCUT2D eigenvalue weighted by Crippen LogP contribution is 2.07. The Hall–Kier alpha value is -0.990. The predicted octanol–water partition coefficient (Wildman–Crippen LogP) is 3.44. The van der Waals surface area contributed by atoms with Crippen molar-refractivity contribution in [2.24, 2.45) is 0 Å². The molecular weight excluding hydrogens is 204 g/mol. The van der Waals surface area contributed by atoms with Crippen molar-refractivity contribution in [3.63, 3.8) is 0 Å². The zero-order valence-corrected chi connectivity index (χ0v) is 10.4. The number of esters is 1. The summed E-state index contributed by atoms with van der Waals surface area (Å²) in [5, 5.41) is 0. The summed E-state index contributed by atoms with van der Waals surface area (Å²) in [6.45, 7) is 6.31. The number of ether oxygens (including phenoxy) is 2. The van der Waals surface area contributed by atoms with E-state index in [4.69, 9.17) is 9.47 Å². The topological polar surface area (TPSA) is 35.5 Å². The zero-order valence-electron chi connectivity index (χ0n) is 10.4. The Morgan fingerprint density at radius 2 is 1.81 bits per heavy atom. The summed E-state index contributed by atoms with van der Waals surface area (Å²) in [6, 6.07) is 0. The molecular formula is C13H24O3. The number of unbranched alkanes of at least 4 members (excludes halogenated alkanes) is 5. The number of hydrogen-bond acceptors (Lipinski definition) is 3. The second-order valence-corrected chi connectivity index (χ2v) is 3.78. The Kier molecular flexibility index (Phi) is 11.3. The average Bonchev–Trinajstić information content (AvgIpc) is 2.29. The molecule has 3 nitrogen and oxygen atoms in total. The molecule has 0 heterocycles. The molecule has 0 aromatic carbocycles. The first-order chi connectivity index (χ1) is 7.81. The second-order valence-electron chi connectivity index (χ2n) is 3.78. The highest BCUT2D eigenvalue weighted by molar-refractivity contribution is 5.69. The first-order valence-corrected chi connectivity index (χ1v) is 6.19. The summed E-state index contributed by atoms with van der Waals surface area (Å²) in [6.07, 6.45) is 8.99. The fourth-order valence-electron chi connectivity index (χ4n) is 1.41. The van der Waals surface area contributed by atoms with Gasteiger partial charge in [-0.2, -0.15) is 0 Å². The third kappa shape index (κ3) is 11.1. The molecule has 0 aliphatic heterocycles. The maximum absolute atomic E-state index is 11.2. The minimum Gasteiger partial charge on any atom is -0.498 e. The van der Waals surface area contributed by atoms with Crippen LogP contribution in [0.4, 0.5) is 0 Å². The molecule has 0 bridgehead atoms. The molecule has 0 aromatic heterocycles. The lowest BCUT2D eigenvalue weighted by molar-refractivity contribution is -0.144. The number of carbonyl (C=O) groups excluding carboxylic acids is 1. The predicted molar refractivity (Wildman–Crippen MR) is 65.1 cm³/mol. The number of rotatable bonds is 11. The SMILES string of the molecule is C=COCCOC(=O)CCCCCCCC. The van der Waals surface area contributed by atoms with Crippen LogP contribution in [-0.4, -0.2) is 19.2 Å². The monoisotopic (exact) mass is 228 g/mol. The molecule has 94 valence electrons. The van der Waals surface area contributed by atoms with Gasteiger partial charge in [0, 0.05) is 6.42 Å². The Bertz CT molecular complexity index is 178. The quantitative estimate of drug-likeness (QED) is 0.309. The first kappa shape index (κ1) is 15.0. The van der Waals surface area contributed by atoms with Crippen molar-refractivity contribution in [3.8, 4) is 0 Å². The number of carbonyl (C=O) groups is 1. The molecule has 0 spiro atoms. The molecule has 0 radical (unpaired) electrons. The molecule has 0 aliphatic carbocycles. The van der Waals surface area contributed by atoms with Crippen LogP contribution in [0.25, 0.3) is 0 Å². The summed E-state index contributed by atoms with van der Waals surface area (Å²) in [5.41, 5.74) is 0. The van der Waals surface area contributed by atoms with E-state index in [-0.39, 0.29) is 5.97 Å². The van der Waals surface area contributed by atoms with E-state index < -0.39 is 0 Å². The largest absolute Gasteiger partial charge is 0.498 e. The maximum Gasteiger partial charge on any atom is 0.305 e. The van der Waals surface area contributed by atoms with Gasteiger partial charge in [-0.25, -0.2) is 0 Å². The molecule has 0 rings (SSSR count). The second kappa shape index (κ2) is 12.1. The molecule has 0 saturated carbocycles. The molecule has 0 aliphatic rings. The molecule has 3 heteroatoms. The van der Waals surface area contributed by atoms with Crippen LogP contribution in [0, 0.1) is 0 Å². The van der Waals surface area contributed by atoms with Gasteiger partial charge in [-0.1, -0.05) is 45.6 Å². The van der Waals surface area contributed by atoms with Crippen LogP contribution >= 0.6 is 0 Å².